The lowest BCUT2D eigenvalue weighted by atomic mass is 9.91. The number of hydrogen-bond donors (Lipinski definition) is 1. The molecule has 1 aliphatic rings. The fourth-order valence-electron chi connectivity index (χ4n) is 2.86. The van der Waals surface area contributed by atoms with Crippen LogP contribution >= 0.6 is 11.3 Å². The minimum Gasteiger partial charge on any atom is -0.309 e. The molecule has 1 N–H and O–H groups in total. The number of rotatable bonds is 5. The predicted octanol–water partition coefficient (Wildman–Crippen LogP) is 5.01. The van der Waals surface area contributed by atoms with Gasteiger partial charge in [0.15, 0.2) is 0 Å². The molecule has 0 radical (unpaired) electrons. The summed E-state index contributed by atoms with van der Waals surface area (Å²) in [7, 11) is 0. The summed E-state index contributed by atoms with van der Waals surface area (Å²) in [6.45, 7) is 8.11. The minimum absolute atomic E-state index is 0.433. The molecule has 0 spiro atoms. The highest BCUT2D eigenvalue weighted by molar-refractivity contribution is 7.10. The summed E-state index contributed by atoms with van der Waals surface area (Å²) in [6, 6.07) is 5.10. The van der Waals surface area contributed by atoms with Gasteiger partial charge in [-0.1, -0.05) is 39.7 Å². The topological polar surface area (TPSA) is 12.0 Å². The molecule has 1 unspecified atom stereocenters. The Kier molecular flexibility index (Phi) is 4.85. The smallest absolute Gasteiger partial charge is 0.0443 e. The molecule has 0 amide bonds. The van der Waals surface area contributed by atoms with Crippen LogP contribution < -0.4 is 5.32 Å². The van der Waals surface area contributed by atoms with Gasteiger partial charge < -0.3 is 5.32 Å². The fraction of sp³-hybridized carbons (Fsp3) is 0.750. The van der Waals surface area contributed by atoms with Crippen LogP contribution in [0.5, 0.6) is 0 Å². The van der Waals surface area contributed by atoms with E-state index in [4.69, 9.17) is 0 Å². The molecule has 1 atom stereocenters. The molecule has 102 valence electrons. The number of hydrogen-bond acceptors (Lipinski definition) is 2. The standard InChI is InChI=1S/C16H27NS/c1-16(2,3)10-11-17-15(13-7-4-5-8-13)14-9-6-12-18-14/h6,9,12-13,15,17H,4-5,7-8,10-11H2,1-3H3. The van der Waals surface area contributed by atoms with Gasteiger partial charge in [-0.2, -0.15) is 0 Å². The summed E-state index contributed by atoms with van der Waals surface area (Å²) >= 11 is 1.91. The van der Waals surface area contributed by atoms with Crippen molar-refractivity contribution in [3.63, 3.8) is 0 Å². The highest BCUT2D eigenvalue weighted by Crippen LogP contribution is 2.37. The van der Waals surface area contributed by atoms with Gasteiger partial charge in [0.1, 0.15) is 0 Å². The van der Waals surface area contributed by atoms with Gasteiger partial charge in [0, 0.05) is 10.9 Å². The summed E-state index contributed by atoms with van der Waals surface area (Å²) in [5.41, 5.74) is 0.433. The lowest BCUT2D eigenvalue weighted by Gasteiger charge is -2.26. The molecule has 1 aliphatic carbocycles. The van der Waals surface area contributed by atoms with Crippen molar-refractivity contribution < 1.29 is 0 Å². The van der Waals surface area contributed by atoms with Crippen LogP contribution in [-0.4, -0.2) is 6.54 Å². The van der Waals surface area contributed by atoms with E-state index in [1.54, 1.807) is 0 Å². The van der Waals surface area contributed by atoms with Crippen molar-refractivity contribution in [2.24, 2.45) is 11.3 Å². The lowest BCUT2D eigenvalue weighted by molar-refractivity contribution is 0.320. The SMILES string of the molecule is CC(C)(C)CCNC(c1cccs1)C1CCCC1. The molecule has 0 saturated heterocycles. The summed E-state index contributed by atoms with van der Waals surface area (Å²) in [4.78, 5) is 1.54. The maximum atomic E-state index is 3.83. The highest BCUT2D eigenvalue weighted by Gasteiger charge is 2.26. The quantitative estimate of drug-likeness (QED) is 0.789. The molecular formula is C16H27NS. The average Bonchev–Trinajstić information content (AvgIpc) is 2.96. The Hall–Kier alpha value is -0.340. The third-order valence-corrected chi connectivity index (χ3v) is 4.92. The molecule has 1 heterocycles. The maximum absolute atomic E-state index is 3.83. The highest BCUT2D eigenvalue weighted by atomic mass is 32.1. The average molecular weight is 265 g/mol. The van der Waals surface area contributed by atoms with Crippen LogP contribution in [0.25, 0.3) is 0 Å². The Bertz CT molecular complexity index is 330. The van der Waals surface area contributed by atoms with E-state index < -0.39 is 0 Å². The van der Waals surface area contributed by atoms with E-state index >= 15 is 0 Å². The minimum atomic E-state index is 0.433. The normalized spacial score (nSPS) is 19.3. The number of nitrogens with one attached hydrogen (secondary N) is 1. The first kappa shape index (κ1) is 14.1. The van der Waals surface area contributed by atoms with E-state index in [0.717, 1.165) is 12.5 Å². The van der Waals surface area contributed by atoms with Crippen molar-refractivity contribution in [3.05, 3.63) is 22.4 Å². The van der Waals surface area contributed by atoms with Crippen LogP contribution in [0.3, 0.4) is 0 Å². The van der Waals surface area contributed by atoms with Crippen molar-refractivity contribution in [1.29, 1.82) is 0 Å². The molecule has 0 aliphatic heterocycles. The predicted molar refractivity (Wildman–Crippen MR) is 81.1 cm³/mol. The van der Waals surface area contributed by atoms with Crippen LogP contribution in [0.4, 0.5) is 0 Å². The zero-order valence-corrected chi connectivity index (χ0v) is 12.9. The van der Waals surface area contributed by atoms with Gasteiger partial charge in [-0.25, -0.2) is 0 Å². The molecule has 1 nitrogen and oxygen atoms in total. The molecule has 2 heteroatoms. The molecule has 1 fully saturated rings. The van der Waals surface area contributed by atoms with Crippen molar-refractivity contribution in [2.75, 3.05) is 6.54 Å². The summed E-state index contributed by atoms with van der Waals surface area (Å²) in [6.07, 6.45) is 6.92. The Morgan fingerprint density at radius 2 is 2.06 bits per heavy atom. The van der Waals surface area contributed by atoms with Gasteiger partial charge in [0.2, 0.25) is 0 Å². The van der Waals surface area contributed by atoms with Crippen LogP contribution in [0.2, 0.25) is 0 Å². The van der Waals surface area contributed by atoms with Gasteiger partial charge in [-0.05, 0) is 48.6 Å². The Morgan fingerprint density at radius 1 is 1.33 bits per heavy atom. The molecule has 1 aromatic rings. The van der Waals surface area contributed by atoms with Crippen LogP contribution in [-0.2, 0) is 0 Å². The third kappa shape index (κ3) is 4.10. The molecule has 1 saturated carbocycles. The van der Waals surface area contributed by atoms with Crippen molar-refractivity contribution in [3.8, 4) is 0 Å². The zero-order chi connectivity index (χ0) is 13.0. The molecule has 0 bridgehead atoms. The fourth-order valence-corrected chi connectivity index (χ4v) is 3.75. The van der Waals surface area contributed by atoms with Crippen molar-refractivity contribution in [1.82, 2.24) is 5.32 Å². The summed E-state index contributed by atoms with van der Waals surface area (Å²) in [5.74, 6) is 0.864. The van der Waals surface area contributed by atoms with Crippen LogP contribution in [0.15, 0.2) is 17.5 Å². The second kappa shape index (κ2) is 6.21. The van der Waals surface area contributed by atoms with Gasteiger partial charge in [-0.15, -0.1) is 11.3 Å². The van der Waals surface area contributed by atoms with Gasteiger partial charge in [-0.3, -0.25) is 0 Å². The van der Waals surface area contributed by atoms with E-state index in [1.807, 2.05) is 11.3 Å². The largest absolute Gasteiger partial charge is 0.309 e. The Labute approximate surface area is 116 Å². The first-order chi connectivity index (χ1) is 8.56. The lowest BCUT2D eigenvalue weighted by Crippen LogP contribution is -2.29. The van der Waals surface area contributed by atoms with Crippen LogP contribution in [0, 0.1) is 11.3 Å². The van der Waals surface area contributed by atoms with Crippen molar-refractivity contribution in [2.45, 2.75) is 58.9 Å². The monoisotopic (exact) mass is 265 g/mol. The molecule has 2 rings (SSSR count). The zero-order valence-electron chi connectivity index (χ0n) is 12.0. The second-order valence-corrected chi connectivity index (χ2v) is 7.78. The van der Waals surface area contributed by atoms with E-state index in [1.165, 1.54) is 37.0 Å². The van der Waals surface area contributed by atoms with Crippen molar-refractivity contribution >= 4 is 11.3 Å². The number of thiophene rings is 1. The van der Waals surface area contributed by atoms with E-state index in [2.05, 4.69) is 43.6 Å². The van der Waals surface area contributed by atoms with E-state index in [-0.39, 0.29) is 0 Å². The third-order valence-electron chi connectivity index (χ3n) is 3.96. The maximum Gasteiger partial charge on any atom is 0.0443 e. The summed E-state index contributed by atoms with van der Waals surface area (Å²) < 4.78 is 0. The Balaban J connectivity index is 1.93. The van der Waals surface area contributed by atoms with Gasteiger partial charge >= 0.3 is 0 Å². The van der Waals surface area contributed by atoms with E-state index in [9.17, 15) is 0 Å². The second-order valence-electron chi connectivity index (χ2n) is 6.80. The van der Waals surface area contributed by atoms with Crippen LogP contribution in [0.1, 0.15) is 63.8 Å². The molecule has 18 heavy (non-hydrogen) atoms. The first-order valence-corrected chi connectivity index (χ1v) is 8.21. The molecule has 0 aromatic carbocycles. The first-order valence-electron chi connectivity index (χ1n) is 7.33. The van der Waals surface area contributed by atoms with E-state index in [0.29, 0.717) is 11.5 Å². The summed E-state index contributed by atoms with van der Waals surface area (Å²) in [5, 5.41) is 6.04. The Morgan fingerprint density at radius 3 is 2.61 bits per heavy atom. The van der Waals surface area contributed by atoms with Gasteiger partial charge in [0.05, 0.1) is 0 Å². The van der Waals surface area contributed by atoms with Gasteiger partial charge in [0.25, 0.3) is 0 Å². The molecular weight excluding hydrogens is 238 g/mol. The molecule has 1 aromatic heterocycles.